The second kappa shape index (κ2) is 6.44. The first-order valence-electron chi connectivity index (χ1n) is 6.53. The third kappa shape index (κ3) is 3.12. The van der Waals surface area contributed by atoms with Gasteiger partial charge in [0.15, 0.2) is 0 Å². The van der Waals surface area contributed by atoms with Crippen LogP contribution in [-0.4, -0.2) is 12.5 Å². The average molecular weight is 280 g/mol. The zero-order valence-corrected chi connectivity index (χ0v) is 11.5. The van der Waals surface area contributed by atoms with Gasteiger partial charge in [0, 0.05) is 12.2 Å². The standard InChI is InChI=1S/C16H16N4O/c17-10-5-11-20(12-6-2-1-3-7-12)15-13(16(19)21)8-4-9-14(15)18/h1-4,6-9H,5,11,18H2,(H2,19,21). The second-order valence-electron chi connectivity index (χ2n) is 4.50. The van der Waals surface area contributed by atoms with E-state index in [0.717, 1.165) is 5.69 Å². The van der Waals surface area contributed by atoms with Crippen LogP contribution in [0.1, 0.15) is 16.8 Å². The SMILES string of the molecule is N#CCCN(c1ccccc1)c1c(N)cccc1C(N)=O. The normalized spacial score (nSPS) is 9.86. The van der Waals surface area contributed by atoms with Gasteiger partial charge < -0.3 is 16.4 Å². The number of primary amides is 1. The molecule has 0 fully saturated rings. The van der Waals surface area contributed by atoms with E-state index >= 15 is 0 Å². The number of carbonyl (C=O) groups is 1. The number of nitrogens with zero attached hydrogens (tertiary/aromatic N) is 2. The Bertz CT molecular complexity index is 676. The van der Waals surface area contributed by atoms with Gasteiger partial charge in [-0.05, 0) is 24.3 Å². The molecule has 0 unspecified atom stereocenters. The minimum absolute atomic E-state index is 0.307. The molecule has 0 aliphatic rings. The number of nitriles is 1. The summed E-state index contributed by atoms with van der Waals surface area (Å²) < 4.78 is 0. The lowest BCUT2D eigenvalue weighted by Gasteiger charge is -2.27. The van der Waals surface area contributed by atoms with Crippen molar-refractivity contribution in [3.8, 4) is 6.07 Å². The fourth-order valence-corrected chi connectivity index (χ4v) is 2.20. The highest BCUT2D eigenvalue weighted by Gasteiger charge is 2.18. The first-order valence-corrected chi connectivity index (χ1v) is 6.53. The van der Waals surface area contributed by atoms with Gasteiger partial charge in [-0.1, -0.05) is 24.3 Å². The maximum absolute atomic E-state index is 11.7. The van der Waals surface area contributed by atoms with E-state index < -0.39 is 5.91 Å². The molecule has 5 nitrogen and oxygen atoms in total. The molecular weight excluding hydrogens is 264 g/mol. The average Bonchev–Trinajstić information content (AvgIpc) is 2.49. The Hall–Kier alpha value is -3.00. The van der Waals surface area contributed by atoms with Gasteiger partial charge in [0.1, 0.15) is 0 Å². The van der Waals surface area contributed by atoms with E-state index in [-0.39, 0.29) is 0 Å². The molecule has 2 rings (SSSR count). The summed E-state index contributed by atoms with van der Waals surface area (Å²) in [4.78, 5) is 13.5. The highest BCUT2D eigenvalue weighted by Crippen LogP contribution is 2.33. The van der Waals surface area contributed by atoms with E-state index in [9.17, 15) is 4.79 Å². The molecule has 5 heteroatoms. The monoisotopic (exact) mass is 280 g/mol. The number of nitrogen functional groups attached to an aromatic ring is 1. The fraction of sp³-hybridized carbons (Fsp3) is 0.125. The number of para-hydroxylation sites is 2. The molecule has 0 atom stereocenters. The number of hydrogen-bond acceptors (Lipinski definition) is 4. The largest absolute Gasteiger partial charge is 0.397 e. The van der Waals surface area contributed by atoms with E-state index in [0.29, 0.717) is 29.9 Å². The van der Waals surface area contributed by atoms with Crippen molar-refractivity contribution in [1.29, 1.82) is 5.26 Å². The number of hydrogen-bond donors (Lipinski definition) is 2. The van der Waals surface area contributed by atoms with Crippen molar-refractivity contribution >= 4 is 23.0 Å². The van der Waals surface area contributed by atoms with Crippen LogP contribution in [-0.2, 0) is 0 Å². The topological polar surface area (TPSA) is 96.1 Å². The maximum Gasteiger partial charge on any atom is 0.250 e. The van der Waals surface area contributed by atoms with Gasteiger partial charge in [-0.25, -0.2) is 0 Å². The van der Waals surface area contributed by atoms with Crippen LogP contribution in [0.5, 0.6) is 0 Å². The van der Waals surface area contributed by atoms with E-state index in [1.807, 2.05) is 35.2 Å². The summed E-state index contributed by atoms with van der Waals surface area (Å²) >= 11 is 0. The van der Waals surface area contributed by atoms with Gasteiger partial charge in [-0.2, -0.15) is 5.26 Å². The van der Waals surface area contributed by atoms with Crippen LogP contribution in [0.25, 0.3) is 0 Å². The fourth-order valence-electron chi connectivity index (χ4n) is 2.20. The maximum atomic E-state index is 11.7. The molecule has 4 N–H and O–H groups in total. The van der Waals surface area contributed by atoms with Crippen molar-refractivity contribution in [2.45, 2.75) is 6.42 Å². The van der Waals surface area contributed by atoms with E-state index in [1.165, 1.54) is 0 Å². The van der Waals surface area contributed by atoms with Gasteiger partial charge in [-0.15, -0.1) is 0 Å². The number of rotatable bonds is 5. The molecular formula is C16H16N4O. The van der Waals surface area contributed by atoms with Gasteiger partial charge in [-0.3, -0.25) is 4.79 Å². The Labute approximate surface area is 123 Å². The molecule has 0 saturated carbocycles. The number of anilines is 3. The lowest BCUT2D eigenvalue weighted by Crippen LogP contribution is -2.24. The number of benzene rings is 2. The summed E-state index contributed by atoms with van der Waals surface area (Å²) in [6, 6.07) is 16.6. The molecule has 2 aromatic carbocycles. The third-order valence-electron chi connectivity index (χ3n) is 3.12. The summed E-state index contributed by atoms with van der Waals surface area (Å²) in [5, 5.41) is 8.86. The summed E-state index contributed by atoms with van der Waals surface area (Å²) in [5.41, 5.74) is 13.7. The highest BCUT2D eigenvalue weighted by molar-refractivity contribution is 6.02. The molecule has 106 valence electrons. The summed E-state index contributed by atoms with van der Waals surface area (Å²) in [6.07, 6.45) is 0.307. The van der Waals surface area contributed by atoms with Crippen molar-refractivity contribution in [1.82, 2.24) is 0 Å². The Morgan fingerprint density at radius 3 is 2.48 bits per heavy atom. The summed E-state index contributed by atoms with van der Waals surface area (Å²) in [5.74, 6) is -0.546. The van der Waals surface area contributed by atoms with Crippen molar-refractivity contribution in [3.05, 3.63) is 54.1 Å². The van der Waals surface area contributed by atoms with Crippen LogP contribution in [0.15, 0.2) is 48.5 Å². The first kappa shape index (κ1) is 14.4. The first-order chi connectivity index (χ1) is 10.1. The van der Waals surface area contributed by atoms with Crippen LogP contribution in [0, 0.1) is 11.3 Å². The van der Waals surface area contributed by atoms with Gasteiger partial charge >= 0.3 is 0 Å². The van der Waals surface area contributed by atoms with Crippen LogP contribution >= 0.6 is 0 Å². The quantitative estimate of drug-likeness (QED) is 0.822. The highest BCUT2D eigenvalue weighted by atomic mass is 16.1. The Morgan fingerprint density at radius 1 is 1.14 bits per heavy atom. The van der Waals surface area contributed by atoms with E-state index in [4.69, 9.17) is 16.7 Å². The van der Waals surface area contributed by atoms with Crippen LogP contribution in [0.2, 0.25) is 0 Å². The van der Waals surface area contributed by atoms with Crippen LogP contribution in [0.3, 0.4) is 0 Å². The summed E-state index contributed by atoms with van der Waals surface area (Å²) in [6.45, 7) is 0.426. The molecule has 0 heterocycles. The van der Waals surface area contributed by atoms with Crippen molar-refractivity contribution in [2.75, 3.05) is 17.2 Å². The molecule has 0 bridgehead atoms. The summed E-state index contributed by atoms with van der Waals surface area (Å²) in [7, 11) is 0. The smallest absolute Gasteiger partial charge is 0.250 e. The minimum atomic E-state index is -0.546. The molecule has 1 amide bonds. The molecule has 21 heavy (non-hydrogen) atoms. The zero-order chi connectivity index (χ0) is 15.2. The van der Waals surface area contributed by atoms with Crippen molar-refractivity contribution in [2.24, 2.45) is 5.73 Å². The number of amides is 1. The van der Waals surface area contributed by atoms with Gasteiger partial charge in [0.05, 0.1) is 29.4 Å². The Kier molecular flexibility index (Phi) is 4.42. The lowest BCUT2D eigenvalue weighted by atomic mass is 10.1. The van der Waals surface area contributed by atoms with Gasteiger partial charge in [0.25, 0.3) is 5.91 Å². The van der Waals surface area contributed by atoms with Gasteiger partial charge in [0.2, 0.25) is 0 Å². The molecule has 0 aliphatic heterocycles. The lowest BCUT2D eigenvalue weighted by molar-refractivity contribution is 0.100. The number of nitrogens with two attached hydrogens (primary N) is 2. The Morgan fingerprint density at radius 2 is 1.86 bits per heavy atom. The van der Waals surface area contributed by atoms with E-state index in [2.05, 4.69) is 6.07 Å². The third-order valence-corrected chi connectivity index (χ3v) is 3.12. The van der Waals surface area contributed by atoms with Crippen LogP contribution in [0.4, 0.5) is 17.1 Å². The molecule has 0 aliphatic carbocycles. The predicted molar refractivity (Wildman–Crippen MR) is 83.1 cm³/mol. The van der Waals surface area contributed by atoms with Crippen molar-refractivity contribution in [3.63, 3.8) is 0 Å². The molecule has 0 spiro atoms. The van der Waals surface area contributed by atoms with E-state index in [1.54, 1.807) is 18.2 Å². The number of carbonyl (C=O) groups excluding carboxylic acids is 1. The molecule has 0 radical (unpaired) electrons. The van der Waals surface area contributed by atoms with Crippen LogP contribution < -0.4 is 16.4 Å². The molecule has 0 saturated heterocycles. The van der Waals surface area contributed by atoms with Crippen molar-refractivity contribution < 1.29 is 4.79 Å². The molecule has 0 aromatic heterocycles. The minimum Gasteiger partial charge on any atom is -0.397 e. The Balaban J connectivity index is 2.57. The predicted octanol–water partition coefficient (Wildman–Crippen LogP) is 2.42. The molecule has 2 aromatic rings. The zero-order valence-electron chi connectivity index (χ0n) is 11.5. The second-order valence-corrected chi connectivity index (χ2v) is 4.50.